The van der Waals surface area contributed by atoms with E-state index in [2.05, 4.69) is 3.63 Å². The lowest BCUT2D eigenvalue weighted by molar-refractivity contribution is 0.408. The largest absolute Gasteiger partial charge is 0.287 e. The van der Waals surface area contributed by atoms with Crippen LogP contribution in [0.3, 0.4) is 0 Å². The summed E-state index contributed by atoms with van der Waals surface area (Å²) in [5.74, 6) is 0. The average Bonchev–Trinajstić information content (AvgIpc) is 2.15. The van der Waals surface area contributed by atoms with Gasteiger partial charge in [0.1, 0.15) is 0 Å². The molecule has 17 heavy (non-hydrogen) atoms. The van der Waals surface area contributed by atoms with Crippen LogP contribution in [0.5, 0.6) is 0 Å². The molecular formula is C10H22O5S2. The van der Waals surface area contributed by atoms with Crippen LogP contribution in [-0.4, -0.2) is 26.3 Å². The molecular weight excluding hydrogens is 264 g/mol. The first-order valence-corrected chi connectivity index (χ1v) is 8.35. The summed E-state index contributed by atoms with van der Waals surface area (Å²) in [5, 5.41) is 0. The third-order valence-corrected chi connectivity index (χ3v) is 7.95. The molecule has 0 rings (SSSR count). The second-order valence-electron chi connectivity index (χ2n) is 5.20. The van der Waals surface area contributed by atoms with Crippen molar-refractivity contribution in [2.24, 2.45) is 0 Å². The van der Waals surface area contributed by atoms with Gasteiger partial charge in [-0.2, -0.15) is 16.8 Å². The first-order valence-electron chi connectivity index (χ1n) is 5.53. The SMILES string of the molecule is CCC(C)(C)S(=O)(=O)OS(=O)(=O)C(C)(C)CC. The fourth-order valence-electron chi connectivity index (χ4n) is 0.656. The van der Waals surface area contributed by atoms with E-state index in [-0.39, 0.29) is 12.8 Å². The van der Waals surface area contributed by atoms with Crippen LogP contribution in [0.25, 0.3) is 0 Å². The van der Waals surface area contributed by atoms with Crippen LogP contribution >= 0.6 is 0 Å². The Kier molecular flexibility index (Phi) is 4.81. The van der Waals surface area contributed by atoms with Crippen LogP contribution in [0.15, 0.2) is 0 Å². The smallest absolute Gasteiger partial charge is 0.198 e. The summed E-state index contributed by atoms with van der Waals surface area (Å²) in [6.45, 7) is 9.10. The highest BCUT2D eigenvalue weighted by molar-refractivity contribution is 8.01. The Labute approximate surface area is 105 Å². The van der Waals surface area contributed by atoms with E-state index in [4.69, 9.17) is 0 Å². The molecule has 0 spiro atoms. The lowest BCUT2D eigenvalue weighted by Crippen LogP contribution is -2.40. The predicted molar refractivity (Wildman–Crippen MR) is 67.7 cm³/mol. The molecule has 0 aromatic rings. The van der Waals surface area contributed by atoms with Crippen molar-refractivity contribution in [2.75, 3.05) is 0 Å². The summed E-state index contributed by atoms with van der Waals surface area (Å²) < 4.78 is 49.5. The highest BCUT2D eigenvalue weighted by atomic mass is 32.3. The molecule has 0 aliphatic rings. The van der Waals surface area contributed by atoms with Crippen LogP contribution in [-0.2, 0) is 23.9 Å². The van der Waals surface area contributed by atoms with Crippen molar-refractivity contribution in [3.05, 3.63) is 0 Å². The minimum atomic E-state index is -4.15. The van der Waals surface area contributed by atoms with Crippen LogP contribution in [0, 0.1) is 0 Å². The summed E-state index contributed by atoms with van der Waals surface area (Å²) in [7, 11) is -8.30. The summed E-state index contributed by atoms with van der Waals surface area (Å²) in [5.41, 5.74) is 0. The molecule has 0 radical (unpaired) electrons. The van der Waals surface area contributed by atoms with E-state index in [0.717, 1.165) is 0 Å². The van der Waals surface area contributed by atoms with Crippen molar-refractivity contribution in [1.29, 1.82) is 0 Å². The summed E-state index contributed by atoms with van der Waals surface area (Å²) >= 11 is 0. The molecule has 7 heteroatoms. The highest BCUT2D eigenvalue weighted by Gasteiger charge is 2.43. The molecule has 0 saturated heterocycles. The fourth-order valence-corrected chi connectivity index (χ4v) is 3.78. The lowest BCUT2D eigenvalue weighted by atomic mass is 10.1. The van der Waals surface area contributed by atoms with Gasteiger partial charge in [-0.25, -0.2) is 0 Å². The van der Waals surface area contributed by atoms with Crippen molar-refractivity contribution in [2.45, 2.75) is 63.9 Å². The fraction of sp³-hybridized carbons (Fsp3) is 1.00. The Bertz CT molecular complexity index is 413. The zero-order valence-electron chi connectivity index (χ0n) is 11.3. The van der Waals surface area contributed by atoms with E-state index in [1.165, 1.54) is 27.7 Å². The van der Waals surface area contributed by atoms with Crippen LogP contribution in [0.4, 0.5) is 0 Å². The summed E-state index contributed by atoms with van der Waals surface area (Å²) in [6.07, 6.45) is 0.550. The first kappa shape index (κ1) is 16.9. The third-order valence-electron chi connectivity index (χ3n) is 3.24. The molecule has 0 aromatic heterocycles. The molecule has 0 aliphatic carbocycles. The standard InChI is InChI=1S/C10H22O5S2/c1-7-9(3,4)16(11,12)15-17(13,14)10(5,6)8-2/h7-8H2,1-6H3. The van der Waals surface area contributed by atoms with Gasteiger partial charge in [0.05, 0.1) is 9.49 Å². The topological polar surface area (TPSA) is 77.5 Å². The second kappa shape index (κ2) is 4.85. The Morgan fingerprint density at radius 2 is 1.00 bits per heavy atom. The number of rotatable bonds is 6. The van der Waals surface area contributed by atoms with E-state index in [0.29, 0.717) is 0 Å². The average molecular weight is 286 g/mol. The maximum atomic E-state index is 11.9. The molecule has 0 bridgehead atoms. The predicted octanol–water partition coefficient (Wildman–Crippen LogP) is 2.04. The number of hydrogen-bond acceptors (Lipinski definition) is 5. The molecule has 104 valence electrons. The van der Waals surface area contributed by atoms with E-state index in [9.17, 15) is 16.8 Å². The van der Waals surface area contributed by atoms with Crippen LogP contribution < -0.4 is 0 Å². The van der Waals surface area contributed by atoms with Crippen molar-refractivity contribution in [1.82, 2.24) is 0 Å². The van der Waals surface area contributed by atoms with Gasteiger partial charge in [0.25, 0.3) is 20.2 Å². The number of hydrogen-bond donors (Lipinski definition) is 0. The lowest BCUT2D eigenvalue weighted by Gasteiger charge is -2.26. The Balaban J connectivity index is 5.40. The molecule has 5 nitrogen and oxygen atoms in total. The third kappa shape index (κ3) is 3.42. The minimum Gasteiger partial charge on any atom is -0.198 e. The molecule has 0 amide bonds. The Morgan fingerprint density at radius 3 is 1.18 bits per heavy atom. The van der Waals surface area contributed by atoms with Gasteiger partial charge in [-0.15, -0.1) is 3.63 Å². The van der Waals surface area contributed by atoms with E-state index < -0.39 is 29.7 Å². The second-order valence-corrected chi connectivity index (χ2v) is 9.77. The summed E-state index contributed by atoms with van der Waals surface area (Å²) in [6, 6.07) is 0. The van der Waals surface area contributed by atoms with Gasteiger partial charge >= 0.3 is 0 Å². The Hall–Kier alpha value is -0.140. The van der Waals surface area contributed by atoms with Gasteiger partial charge in [0.2, 0.25) is 0 Å². The maximum absolute atomic E-state index is 11.9. The molecule has 0 fully saturated rings. The molecule has 0 atom stereocenters. The van der Waals surface area contributed by atoms with Crippen molar-refractivity contribution < 1.29 is 20.5 Å². The van der Waals surface area contributed by atoms with E-state index >= 15 is 0 Å². The molecule has 0 aliphatic heterocycles. The van der Waals surface area contributed by atoms with Crippen molar-refractivity contribution in [3.8, 4) is 0 Å². The van der Waals surface area contributed by atoms with Gasteiger partial charge in [0.15, 0.2) is 0 Å². The van der Waals surface area contributed by atoms with Crippen molar-refractivity contribution in [3.63, 3.8) is 0 Å². The maximum Gasteiger partial charge on any atom is 0.287 e. The zero-order chi connectivity index (χ0) is 14.1. The molecule has 0 unspecified atom stereocenters. The van der Waals surface area contributed by atoms with Crippen LogP contribution in [0.2, 0.25) is 0 Å². The highest BCUT2D eigenvalue weighted by Crippen LogP contribution is 2.29. The normalized spacial score (nSPS) is 14.9. The van der Waals surface area contributed by atoms with E-state index in [1.54, 1.807) is 13.8 Å². The first-order chi connectivity index (χ1) is 7.33. The van der Waals surface area contributed by atoms with Gasteiger partial charge in [-0.05, 0) is 40.5 Å². The quantitative estimate of drug-likeness (QED) is 0.746. The molecule has 0 aromatic carbocycles. The van der Waals surface area contributed by atoms with Gasteiger partial charge in [-0.1, -0.05) is 13.8 Å². The minimum absolute atomic E-state index is 0.275. The molecule has 0 heterocycles. The monoisotopic (exact) mass is 286 g/mol. The summed E-state index contributed by atoms with van der Waals surface area (Å²) in [4.78, 5) is 0. The van der Waals surface area contributed by atoms with Gasteiger partial charge in [-0.3, -0.25) is 0 Å². The van der Waals surface area contributed by atoms with E-state index in [1.807, 2.05) is 0 Å². The van der Waals surface area contributed by atoms with Gasteiger partial charge < -0.3 is 0 Å². The van der Waals surface area contributed by atoms with Crippen molar-refractivity contribution >= 4 is 20.2 Å². The zero-order valence-corrected chi connectivity index (χ0v) is 12.9. The molecule has 0 saturated carbocycles. The molecule has 0 N–H and O–H groups in total. The van der Waals surface area contributed by atoms with Gasteiger partial charge in [0, 0.05) is 0 Å². The van der Waals surface area contributed by atoms with Crippen LogP contribution in [0.1, 0.15) is 54.4 Å². The Morgan fingerprint density at radius 1 is 0.765 bits per heavy atom.